The lowest BCUT2D eigenvalue weighted by Crippen LogP contribution is -2.05. The van der Waals surface area contributed by atoms with E-state index in [2.05, 4.69) is 46.2 Å². The number of nitrogens with zero attached hydrogens (tertiary/aromatic N) is 9. The molecule has 5 heterocycles. The molecule has 28 heavy (non-hydrogen) atoms. The Morgan fingerprint density at radius 1 is 1.11 bits per heavy atom. The Morgan fingerprint density at radius 2 is 2.00 bits per heavy atom. The Bertz CT molecular complexity index is 1310. The fourth-order valence-electron chi connectivity index (χ4n) is 2.61. The second-order valence-electron chi connectivity index (χ2n) is 5.75. The average molecular weight is 393 g/mol. The Balaban J connectivity index is 1.49. The van der Waals surface area contributed by atoms with Gasteiger partial charge in [0.2, 0.25) is 16.9 Å². The van der Waals surface area contributed by atoms with Crippen LogP contribution < -0.4 is 5.32 Å². The summed E-state index contributed by atoms with van der Waals surface area (Å²) < 4.78 is 3.43. The van der Waals surface area contributed by atoms with Crippen LogP contribution in [0.5, 0.6) is 0 Å². The summed E-state index contributed by atoms with van der Waals surface area (Å²) in [5.41, 5.74) is 2.09. The van der Waals surface area contributed by atoms with Crippen LogP contribution in [-0.2, 0) is 4.79 Å². The van der Waals surface area contributed by atoms with Crippen LogP contribution >= 0.6 is 11.8 Å². The van der Waals surface area contributed by atoms with Crippen LogP contribution in [0.3, 0.4) is 0 Å². The van der Waals surface area contributed by atoms with Crippen LogP contribution in [0.4, 0.5) is 5.82 Å². The van der Waals surface area contributed by atoms with E-state index in [-0.39, 0.29) is 5.91 Å². The van der Waals surface area contributed by atoms with Crippen LogP contribution in [0.15, 0.2) is 46.8 Å². The molecule has 0 fully saturated rings. The smallest absolute Gasteiger partial charge is 0.222 e. The minimum absolute atomic E-state index is 0.189. The Hall–Kier alpha value is -3.87. The maximum Gasteiger partial charge on any atom is 0.222 e. The SMILES string of the molecule is CC(=O)Nc1cn2nc(Sc3nnc4ccc(-c5nn[nH]n5)cn34)ccc2n1. The van der Waals surface area contributed by atoms with Crippen LogP contribution in [0.25, 0.3) is 22.7 Å². The van der Waals surface area contributed by atoms with E-state index < -0.39 is 0 Å². The number of hydrogen-bond donors (Lipinski definition) is 2. The summed E-state index contributed by atoms with van der Waals surface area (Å²) in [6.07, 6.45) is 3.49. The predicted octanol–water partition coefficient (Wildman–Crippen LogP) is 1.06. The molecular formula is C15H11N11OS. The molecule has 0 spiro atoms. The summed E-state index contributed by atoms with van der Waals surface area (Å²) in [6, 6.07) is 7.32. The number of rotatable bonds is 4. The molecule has 5 rings (SSSR count). The number of fused-ring (bicyclic) bond motifs is 2. The Kier molecular flexibility index (Phi) is 3.72. The molecule has 138 valence electrons. The standard InChI is InChI=1S/C15H11N11OS/c1-8(27)16-10-7-26-11(17-10)4-5-13(22-26)28-15-21-18-12-3-2-9(6-25(12)15)14-19-23-24-20-14/h2-7H,1H3,(H,16,27)(H,19,20,23,24). The quantitative estimate of drug-likeness (QED) is 0.458. The number of H-pyrrole nitrogens is 1. The van der Waals surface area contributed by atoms with Gasteiger partial charge in [-0.3, -0.25) is 9.20 Å². The van der Waals surface area contributed by atoms with Crippen molar-refractivity contribution in [1.29, 1.82) is 0 Å². The number of anilines is 1. The van der Waals surface area contributed by atoms with Crippen molar-refractivity contribution in [1.82, 2.24) is 49.8 Å². The second kappa shape index (κ2) is 6.38. The molecular weight excluding hydrogens is 382 g/mol. The topological polar surface area (TPSA) is 144 Å². The predicted molar refractivity (Wildman–Crippen MR) is 97.6 cm³/mol. The minimum Gasteiger partial charge on any atom is -0.310 e. The van der Waals surface area contributed by atoms with Crippen molar-refractivity contribution in [3.63, 3.8) is 0 Å². The highest BCUT2D eigenvalue weighted by molar-refractivity contribution is 7.99. The summed E-state index contributed by atoms with van der Waals surface area (Å²) >= 11 is 1.35. The summed E-state index contributed by atoms with van der Waals surface area (Å²) in [4.78, 5) is 15.5. The van der Waals surface area contributed by atoms with E-state index >= 15 is 0 Å². The number of carbonyl (C=O) groups excluding carboxylic acids is 1. The number of aromatic nitrogens is 10. The fraction of sp³-hybridized carbons (Fsp3) is 0.0667. The first kappa shape index (κ1) is 16.3. The molecule has 0 aliphatic carbocycles. The maximum atomic E-state index is 11.2. The molecule has 0 saturated heterocycles. The molecule has 12 nitrogen and oxygen atoms in total. The number of amides is 1. The van der Waals surface area contributed by atoms with Gasteiger partial charge in [-0.25, -0.2) is 9.50 Å². The first-order valence-electron chi connectivity index (χ1n) is 8.06. The highest BCUT2D eigenvalue weighted by Crippen LogP contribution is 2.26. The fourth-order valence-corrected chi connectivity index (χ4v) is 3.39. The van der Waals surface area contributed by atoms with Crippen molar-refractivity contribution >= 4 is 34.8 Å². The van der Waals surface area contributed by atoms with Crippen molar-refractivity contribution in [2.45, 2.75) is 17.1 Å². The van der Waals surface area contributed by atoms with Gasteiger partial charge in [0.25, 0.3) is 0 Å². The summed E-state index contributed by atoms with van der Waals surface area (Å²) in [6.45, 7) is 1.43. The molecule has 1 amide bonds. The van der Waals surface area contributed by atoms with E-state index in [9.17, 15) is 4.79 Å². The van der Waals surface area contributed by atoms with E-state index in [0.29, 0.717) is 33.1 Å². The highest BCUT2D eigenvalue weighted by atomic mass is 32.2. The van der Waals surface area contributed by atoms with Gasteiger partial charge in [0.05, 0.1) is 6.20 Å². The summed E-state index contributed by atoms with van der Waals surface area (Å²) in [7, 11) is 0. The molecule has 0 atom stereocenters. The largest absolute Gasteiger partial charge is 0.310 e. The molecule has 0 saturated carbocycles. The van der Waals surface area contributed by atoms with Gasteiger partial charge in [0.1, 0.15) is 5.03 Å². The molecule has 2 N–H and O–H groups in total. The zero-order chi connectivity index (χ0) is 19.1. The Morgan fingerprint density at radius 3 is 2.82 bits per heavy atom. The first-order chi connectivity index (χ1) is 13.7. The average Bonchev–Trinajstić information content (AvgIpc) is 3.40. The molecule has 5 aromatic rings. The number of aromatic amines is 1. The molecule has 0 bridgehead atoms. The number of carbonyl (C=O) groups is 1. The number of imidazole rings is 1. The third-order valence-corrected chi connectivity index (χ3v) is 4.66. The Labute approximate surface area is 160 Å². The monoisotopic (exact) mass is 393 g/mol. The zero-order valence-electron chi connectivity index (χ0n) is 14.3. The lowest BCUT2D eigenvalue weighted by Gasteiger charge is -2.01. The lowest BCUT2D eigenvalue weighted by molar-refractivity contribution is -0.114. The van der Waals surface area contributed by atoms with E-state index in [1.165, 1.54) is 18.7 Å². The van der Waals surface area contributed by atoms with Crippen molar-refractivity contribution in [3.8, 4) is 11.4 Å². The molecule has 0 aromatic carbocycles. The van der Waals surface area contributed by atoms with Crippen LogP contribution in [0.2, 0.25) is 0 Å². The van der Waals surface area contributed by atoms with Gasteiger partial charge in [0.15, 0.2) is 17.1 Å². The number of pyridine rings is 1. The van der Waals surface area contributed by atoms with Gasteiger partial charge in [-0.1, -0.05) is 0 Å². The first-order valence-corrected chi connectivity index (χ1v) is 8.88. The molecule has 0 aliphatic rings. The van der Waals surface area contributed by atoms with Crippen LogP contribution in [-0.4, -0.2) is 55.7 Å². The van der Waals surface area contributed by atoms with E-state index in [4.69, 9.17) is 0 Å². The summed E-state index contributed by atoms with van der Waals surface area (Å²) in [5, 5.41) is 30.9. The normalized spacial score (nSPS) is 11.3. The van der Waals surface area contributed by atoms with E-state index in [1.54, 1.807) is 10.7 Å². The van der Waals surface area contributed by atoms with E-state index in [0.717, 1.165) is 5.56 Å². The summed E-state index contributed by atoms with van der Waals surface area (Å²) in [5.74, 6) is 0.736. The molecule has 0 unspecified atom stereocenters. The molecule has 0 radical (unpaired) electrons. The maximum absolute atomic E-state index is 11.2. The van der Waals surface area contributed by atoms with Gasteiger partial charge in [-0.05, 0) is 41.2 Å². The number of tetrazole rings is 1. The molecule has 5 aromatic heterocycles. The number of nitrogens with one attached hydrogen (secondary N) is 2. The van der Waals surface area contributed by atoms with Gasteiger partial charge in [-0.2, -0.15) is 10.3 Å². The third-order valence-electron chi connectivity index (χ3n) is 3.77. The third kappa shape index (κ3) is 2.92. The highest BCUT2D eigenvalue weighted by Gasteiger charge is 2.12. The molecule has 0 aliphatic heterocycles. The molecule has 13 heteroatoms. The second-order valence-corrected chi connectivity index (χ2v) is 6.74. The van der Waals surface area contributed by atoms with Gasteiger partial charge in [0, 0.05) is 18.7 Å². The van der Waals surface area contributed by atoms with Crippen LogP contribution in [0, 0.1) is 0 Å². The van der Waals surface area contributed by atoms with Crippen molar-refractivity contribution in [3.05, 3.63) is 36.7 Å². The minimum atomic E-state index is -0.189. The van der Waals surface area contributed by atoms with Crippen molar-refractivity contribution < 1.29 is 4.79 Å². The lowest BCUT2D eigenvalue weighted by atomic mass is 10.3. The van der Waals surface area contributed by atoms with Crippen molar-refractivity contribution in [2.75, 3.05) is 5.32 Å². The van der Waals surface area contributed by atoms with Crippen LogP contribution in [0.1, 0.15) is 6.92 Å². The van der Waals surface area contributed by atoms with Gasteiger partial charge < -0.3 is 5.32 Å². The zero-order valence-corrected chi connectivity index (χ0v) is 15.1. The van der Waals surface area contributed by atoms with Crippen molar-refractivity contribution in [2.24, 2.45) is 0 Å². The van der Waals surface area contributed by atoms with E-state index in [1.807, 2.05) is 34.9 Å². The number of hydrogen-bond acceptors (Lipinski definition) is 9. The van der Waals surface area contributed by atoms with Gasteiger partial charge in [-0.15, -0.1) is 20.4 Å². The van der Waals surface area contributed by atoms with Gasteiger partial charge >= 0.3 is 0 Å².